The van der Waals surface area contributed by atoms with Crippen molar-refractivity contribution in [2.75, 3.05) is 31.6 Å². The van der Waals surface area contributed by atoms with Crippen LogP contribution in [0.15, 0.2) is 54.6 Å². The van der Waals surface area contributed by atoms with Crippen LogP contribution >= 0.6 is 0 Å². The van der Waals surface area contributed by atoms with E-state index in [-0.39, 0.29) is 30.3 Å². The van der Waals surface area contributed by atoms with Crippen molar-refractivity contribution in [3.05, 3.63) is 60.4 Å². The van der Waals surface area contributed by atoms with Crippen molar-refractivity contribution in [2.45, 2.75) is 19.3 Å². The molecule has 1 aliphatic heterocycles. The number of nitrogens with one attached hydrogen (secondary N) is 1. The van der Waals surface area contributed by atoms with Crippen molar-refractivity contribution in [2.24, 2.45) is 5.92 Å². The normalized spacial score (nSPS) is 14.3. The number of ether oxygens (including phenoxy) is 2. The van der Waals surface area contributed by atoms with Crippen molar-refractivity contribution < 1.29 is 23.5 Å². The van der Waals surface area contributed by atoms with E-state index in [1.807, 2.05) is 30.3 Å². The van der Waals surface area contributed by atoms with E-state index in [1.54, 1.807) is 17.0 Å². The molecule has 2 aromatic rings. The summed E-state index contributed by atoms with van der Waals surface area (Å²) in [5.41, 5.74) is 0.752. The second-order valence-corrected chi connectivity index (χ2v) is 6.88. The van der Waals surface area contributed by atoms with E-state index in [4.69, 9.17) is 9.47 Å². The Morgan fingerprint density at radius 3 is 2.38 bits per heavy atom. The van der Waals surface area contributed by atoms with Crippen LogP contribution in [0.2, 0.25) is 0 Å². The second kappa shape index (κ2) is 10.5. The maximum absolute atomic E-state index is 12.8. The van der Waals surface area contributed by atoms with Crippen LogP contribution in [0, 0.1) is 11.7 Å². The summed E-state index contributed by atoms with van der Waals surface area (Å²) in [7, 11) is 0. The predicted octanol–water partition coefficient (Wildman–Crippen LogP) is 4.08. The number of carbonyl (C=O) groups is 2. The SMILES string of the molecule is O=C(OCCCOc1ccc(F)cc1)C1CCN(C(=O)Nc2ccccc2)CC1. The summed E-state index contributed by atoms with van der Waals surface area (Å²) in [4.78, 5) is 26.2. The van der Waals surface area contributed by atoms with Gasteiger partial charge in [0.25, 0.3) is 0 Å². The standard InChI is InChI=1S/C22H25FN2O4/c23-18-7-9-20(10-8-18)28-15-4-16-29-21(26)17-11-13-25(14-12-17)22(27)24-19-5-2-1-3-6-19/h1-3,5-10,17H,4,11-16H2,(H,24,27). The Balaban J connectivity index is 1.30. The molecule has 0 radical (unpaired) electrons. The number of urea groups is 1. The van der Waals surface area contributed by atoms with Gasteiger partial charge >= 0.3 is 12.0 Å². The van der Waals surface area contributed by atoms with Crippen LogP contribution in [0.4, 0.5) is 14.9 Å². The van der Waals surface area contributed by atoms with E-state index in [2.05, 4.69) is 5.32 Å². The Labute approximate surface area is 169 Å². The first-order valence-corrected chi connectivity index (χ1v) is 9.78. The van der Waals surface area contributed by atoms with Crippen molar-refractivity contribution in [1.29, 1.82) is 0 Å². The summed E-state index contributed by atoms with van der Waals surface area (Å²) in [6.45, 7) is 1.70. The zero-order chi connectivity index (χ0) is 20.5. The molecule has 0 atom stereocenters. The van der Waals surface area contributed by atoms with Crippen LogP contribution in [0.5, 0.6) is 5.75 Å². The van der Waals surface area contributed by atoms with Gasteiger partial charge in [-0.25, -0.2) is 9.18 Å². The lowest BCUT2D eigenvalue weighted by Crippen LogP contribution is -2.42. The number of piperidine rings is 1. The molecular weight excluding hydrogens is 375 g/mol. The molecule has 0 unspecified atom stereocenters. The molecular formula is C22H25FN2O4. The van der Waals surface area contributed by atoms with Crippen molar-refractivity contribution in [1.82, 2.24) is 4.90 Å². The molecule has 0 bridgehead atoms. The molecule has 7 heteroatoms. The molecule has 1 heterocycles. The number of benzene rings is 2. The highest BCUT2D eigenvalue weighted by Gasteiger charge is 2.28. The molecule has 2 aromatic carbocycles. The highest BCUT2D eigenvalue weighted by atomic mass is 19.1. The minimum atomic E-state index is -0.310. The van der Waals surface area contributed by atoms with Gasteiger partial charge < -0.3 is 19.7 Å². The number of esters is 1. The van der Waals surface area contributed by atoms with Crippen LogP contribution in [0.25, 0.3) is 0 Å². The van der Waals surface area contributed by atoms with Crippen LogP contribution in [0.1, 0.15) is 19.3 Å². The van der Waals surface area contributed by atoms with E-state index in [1.165, 1.54) is 12.1 Å². The number of nitrogens with zero attached hydrogens (tertiary/aromatic N) is 1. The molecule has 0 aromatic heterocycles. The summed E-state index contributed by atoms with van der Waals surface area (Å²) in [6.07, 6.45) is 1.74. The zero-order valence-electron chi connectivity index (χ0n) is 16.2. The molecule has 2 amide bonds. The largest absolute Gasteiger partial charge is 0.493 e. The van der Waals surface area contributed by atoms with E-state index in [0.29, 0.717) is 44.7 Å². The molecule has 1 aliphatic rings. The first-order valence-electron chi connectivity index (χ1n) is 9.78. The van der Waals surface area contributed by atoms with Gasteiger partial charge in [0, 0.05) is 25.2 Å². The van der Waals surface area contributed by atoms with Gasteiger partial charge in [-0.3, -0.25) is 4.79 Å². The smallest absolute Gasteiger partial charge is 0.321 e. The molecule has 154 valence electrons. The minimum Gasteiger partial charge on any atom is -0.493 e. The lowest BCUT2D eigenvalue weighted by Gasteiger charge is -2.31. The van der Waals surface area contributed by atoms with Gasteiger partial charge in [-0.1, -0.05) is 18.2 Å². The highest BCUT2D eigenvalue weighted by Crippen LogP contribution is 2.20. The van der Waals surface area contributed by atoms with Crippen molar-refractivity contribution >= 4 is 17.7 Å². The number of para-hydroxylation sites is 1. The number of hydrogen-bond acceptors (Lipinski definition) is 4. The number of anilines is 1. The van der Waals surface area contributed by atoms with E-state index in [0.717, 1.165) is 5.69 Å². The summed E-state index contributed by atoms with van der Waals surface area (Å²) in [5.74, 6) is -0.141. The summed E-state index contributed by atoms with van der Waals surface area (Å²) >= 11 is 0. The summed E-state index contributed by atoms with van der Waals surface area (Å²) in [5, 5.41) is 2.86. The first kappa shape index (κ1) is 20.6. The van der Waals surface area contributed by atoms with Gasteiger partial charge in [0.15, 0.2) is 0 Å². The Kier molecular flexibility index (Phi) is 7.44. The van der Waals surface area contributed by atoms with Crippen LogP contribution < -0.4 is 10.1 Å². The third-order valence-corrected chi connectivity index (χ3v) is 4.76. The van der Waals surface area contributed by atoms with Crippen LogP contribution in [0.3, 0.4) is 0 Å². The third-order valence-electron chi connectivity index (χ3n) is 4.76. The molecule has 0 spiro atoms. The van der Waals surface area contributed by atoms with E-state index >= 15 is 0 Å². The second-order valence-electron chi connectivity index (χ2n) is 6.88. The highest BCUT2D eigenvalue weighted by molar-refractivity contribution is 5.89. The van der Waals surface area contributed by atoms with Crippen molar-refractivity contribution in [3.8, 4) is 5.75 Å². The van der Waals surface area contributed by atoms with Gasteiger partial charge in [-0.05, 0) is 49.2 Å². The van der Waals surface area contributed by atoms with E-state index < -0.39 is 0 Å². The number of amides is 2. The van der Waals surface area contributed by atoms with Gasteiger partial charge in [0.2, 0.25) is 0 Å². The number of carbonyl (C=O) groups excluding carboxylic acids is 2. The predicted molar refractivity (Wildman–Crippen MR) is 107 cm³/mol. The molecule has 0 saturated carbocycles. The monoisotopic (exact) mass is 400 g/mol. The van der Waals surface area contributed by atoms with E-state index in [9.17, 15) is 14.0 Å². The summed E-state index contributed by atoms with van der Waals surface area (Å²) in [6, 6.07) is 14.9. The third kappa shape index (κ3) is 6.48. The van der Waals surface area contributed by atoms with Crippen molar-refractivity contribution in [3.63, 3.8) is 0 Å². The lowest BCUT2D eigenvalue weighted by molar-refractivity contribution is -0.150. The molecule has 1 N–H and O–H groups in total. The molecule has 6 nitrogen and oxygen atoms in total. The minimum absolute atomic E-state index is 0.152. The maximum Gasteiger partial charge on any atom is 0.321 e. The fraction of sp³-hybridized carbons (Fsp3) is 0.364. The molecule has 0 aliphatic carbocycles. The molecule has 29 heavy (non-hydrogen) atoms. The number of likely N-dealkylation sites (tertiary alicyclic amines) is 1. The fourth-order valence-electron chi connectivity index (χ4n) is 3.11. The Morgan fingerprint density at radius 1 is 1.00 bits per heavy atom. The van der Waals surface area contributed by atoms with Gasteiger partial charge in [0.05, 0.1) is 19.1 Å². The fourth-order valence-corrected chi connectivity index (χ4v) is 3.11. The Morgan fingerprint density at radius 2 is 1.69 bits per heavy atom. The van der Waals surface area contributed by atoms with Crippen LogP contribution in [-0.4, -0.2) is 43.2 Å². The zero-order valence-corrected chi connectivity index (χ0v) is 16.2. The Bertz CT molecular complexity index is 790. The van der Waals surface area contributed by atoms with Crippen LogP contribution in [-0.2, 0) is 9.53 Å². The number of rotatable bonds is 7. The lowest BCUT2D eigenvalue weighted by atomic mass is 9.97. The Hall–Kier alpha value is -3.09. The first-order chi connectivity index (χ1) is 14.1. The number of halogens is 1. The molecule has 3 rings (SSSR count). The average molecular weight is 400 g/mol. The topological polar surface area (TPSA) is 67.9 Å². The summed E-state index contributed by atoms with van der Waals surface area (Å²) < 4.78 is 23.6. The quantitative estimate of drug-likeness (QED) is 0.562. The molecule has 1 saturated heterocycles. The van der Waals surface area contributed by atoms with Gasteiger partial charge in [-0.15, -0.1) is 0 Å². The van der Waals surface area contributed by atoms with Gasteiger partial charge in [-0.2, -0.15) is 0 Å². The average Bonchev–Trinajstić information content (AvgIpc) is 2.75. The van der Waals surface area contributed by atoms with Gasteiger partial charge in [0.1, 0.15) is 11.6 Å². The number of hydrogen-bond donors (Lipinski definition) is 1. The maximum atomic E-state index is 12.8. The molecule has 1 fully saturated rings.